The van der Waals surface area contributed by atoms with Crippen LogP contribution in [0.1, 0.15) is 22.3 Å². The molecule has 1 atom stereocenters. The molecule has 6 aromatic carbocycles. The number of pyridine rings is 4. The molecule has 0 aliphatic rings. The summed E-state index contributed by atoms with van der Waals surface area (Å²) in [4.78, 5) is 43.2. The van der Waals surface area contributed by atoms with Crippen LogP contribution in [0.25, 0.3) is 88.8 Å². The van der Waals surface area contributed by atoms with Crippen molar-refractivity contribution in [2.75, 3.05) is 6.54 Å². The lowest BCUT2D eigenvalue weighted by atomic mass is 9.82. The number of nitrogens with one attached hydrogen (secondary N) is 2. The van der Waals surface area contributed by atoms with E-state index in [1.54, 1.807) is 12.4 Å². The number of hydrogen-bond donors (Lipinski definition) is 4. The van der Waals surface area contributed by atoms with E-state index in [0.29, 0.717) is 21.8 Å². The first-order valence-electron chi connectivity index (χ1n) is 21.3. The number of nitrogens with two attached hydrogens (primary N) is 2. The molecule has 0 aliphatic carbocycles. The molecule has 8 heteroatoms. The predicted octanol–water partition coefficient (Wildman–Crippen LogP) is 10.9. The Morgan fingerprint density at radius 2 is 0.938 bits per heavy atom. The third kappa shape index (κ3) is 7.10. The molecule has 64 heavy (non-hydrogen) atoms. The molecule has 10 rings (SSSR count). The lowest BCUT2D eigenvalue weighted by molar-refractivity contribution is 0.552. The molecule has 0 spiro atoms. The molecule has 8 nitrogen and oxygen atoms in total. The van der Waals surface area contributed by atoms with Crippen LogP contribution >= 0.6 is 0 Å². The average molecular weight is 833 g/mol. The van der Waals surface area contributed by atoms with E-state index in [-0.39, 0.29) is 17.7 Å². The fourth-order valence-corrected chi connectivity index (χ4v) is 8.83. The number of H-pyrrole nitrogens is 2. The number of nitrogens with zero attached hydrogens (tertiary/aromatic N) is 2. The van der Waals surface area contributed by atoms with Crippen molar-refractivity contribution in [3.63, 3.8) is 0 Å². The first kappa shape index (κ1) is 40.1. The molecule has 4 aromatic heterocycles. The van der Waals surface area contributed by atoms with Crippen LogP contribution in [0.4, 0.5) is 0 Å². The molecular weight excluding hydrogens is 789 g/mol. The maximum absolute atomic E-state index is 13.4. The minimum absolute atomic E-state index is 0.143. The molecule has 0 radical (unpaired) electrons. The van der Waals surface area contributed by atoms with Gasteiger partial charge in [-0.25, -0.2) is 9.97 Å². The monoisotopic (exact) mass is 832 g/mol. The van der Waals surface area contributed by atoms with Gasteiger partial charge in [-0.15, -0.1) is 0 Å². The SMILES string of the molecule is Cc1cccc(-c2c[nH]c(=O)c3cc(-c4ccccc4)c(-c4ccc(C(N)(CN)c5ccc(-c6nc7c(-c8ccccc8C)c[nH]c(=O)c7cc6-c6ccccc6)cc5)cc4)nc23)c1. The summed E-state index contributed by atoms with van der Waals surface area (Å²) in [6, 6.07) is 56.4. The topological polar surface area (TPSA) is 144 Å². The van der Waals surface area contributed by atoms with E-state index in [2.05, 4.69) is 48.1 Å². The van der Waals surface area contributed by atoms with E-state index >= 15 is 0 Å². The molecular formula is C56H44N6O2. The van der Waals surface area contributed by atoms with E-state index in [9.17, 15) is 9.59 Å². The van der Waals surface area contributed by atoms with E-state index in [1.165, 1.54) is 0 Å². The molecule has 310 valence electrons. The van der Waals surface area contributed by atoms with Gasteiger partial charge in [-0.2, -0.15) is 0 Å². The van der Waals surface area contributed by atoms with Crippen molar-refractivity contribution in [2.24, 2.45) is 11.5 Å². The summed E-state index contributed by atoms with van der Waals surface area (Å²) < 4.78 is 0. The second kappa shape index (κ2) is 16.3. The third-order valence-electron chi connectivity index (χ3n) is 12.3. The van der Waals surface area contributed by atoms with Gasteiger partial charge in [-0.05, 0) is 64.9 Å². The van der Waals surface area contributed by atoms with Crippen LogP contribution in [0.3, 0.4) is 0 Å². The number of aryl methyl sites for hydroxylation is 2. The van der Waals surface area contributed by atoms with Gasteiger partial charge in [-0.1, -0.05) is 163 Å². The van der Waals surface area contributed by atoms with Gasteiger partial charge in [0.25, 0.3) is 11.1 Å². The molecule has 6 N–H and O–H groups in total. The predicted molar refractivity (Wildman–Crippen MR) is 261 cm³/mol. The van der Waals surface area contributed by atoms with Crippen molar-refractivity contribution in [1.29, 1.82) is 0 Å². The molecule has 0 aliphatic heterocycles. The lowest BCUT2D eigenvalue weighted by Gasteiger charge is -2.30. The Kier molecular flexibility index (Phi) is 10.2. The van der Waals surface area contributed by atoms with Gasteiger partial charge in [0.2, 0.25) is 0 Å². The van der Waals surface area contributed by atoms with Crippen molar-refractivity contribution in [2.45, 2.75) is 19.4 Å². The van der Waals surface area contributed by atoms with Gasteiger partial charge >= 0.3 is 0 Å². The smallest absolute Gasteiger partial charge is 0.257 e. The Morgan fingerprint density at radius 3 is 1.44 bits per heavy atom. The first-order valence-corrected chi connectivity index (χ1v) is 21.3. The molecule has 1 unspecified atom stereocenters. The maximum atomic E-state index is 13.4. The molecule has 0 amide bonds. The Hall–Kier alpha value is -8.04. The molecule has 0 bridgehead atoms. The van der Waals surface area contributed by atoms with Crippen LogP contribution < -0.4 is 22.6 Å². The standard InChI is InChI=1S/C56H44N6O2/c1-34-12-11-18-40(28-34)48-31-59-54(63)46-29-44(36-14-5-3-6-15-36)50(61-52(46)48)38-20-24-41(25-21-38)56(58,33-57)42-26-22-39(23-27-42)51-45(37-16-7-4-8-17-37)30-47-53(62-51)49(32-60-55(47)64)43-19-10-9-13-35(43)2/h3-32H,33,57-58H2,1-2H3,(H,59,63)(H,60,64). The zero-order valence-corrected chi connectivity index (χ0v) is 35.4. The minimum atomic E-state index is -1.04. The summed E-state index contributed by atoms with van der Waals surface area (Å²) >= 11 is 0. The summed E-state index contributed by atoms with van der Waals surface area (Å²) in [6.45, 7) is 4.25. The van der Waals surface area contributed by atoms with Gasteiger partial charge in [0.15, 0.2) is 0 Å². The van der Waals surface area contributed by atoms with Crippen LogP contribution in [0.2, 0.25) is 0 Å². The van der Waals surface area contributed by atoms with Crippen molar-refractivity contribution in [3.05, 3.63) is 225 Å². The summed E-state index contributed by atoms with van der Waals surface area (Å²) in [7, 11) is 0. The number of aromatic amines is 2. The van der Waals surface area contributed by atoms with Gasteiger partial charge in [-0.3, -0.25) is 9.59 Å². The maximum Gasteiger partial charge on any atom is 0.257 e. The van der Waals surface area contributed by atoms with Crippen LogP contribution in [-0.2, 0) is 5.54 Å². The normalized spacial score (nSPS) is 12.4. The Bertz CT molecular complexity index is 3490. The quantitative estimate of drug-likeness (QED) is 0.114. The zero-order valence-electron chi connectivity index (χ0n) is 35.4. The molecule has 0 fully saturated rings. The van der Waals surface area contributed by atoms with Gasteiger partial charge < -0.3 is 21.4 Å². The Morgan fingerprint density at radius 1 is 0.469 bits per heavy atom. The fourth-order valence-electron chi connectivity index (χ4n) is 8.83. The minimum Gasteiger partial charge on any atom is -0.328 e. The Labute approximate surface area is 370 Å². The highest BCUT2D eigenvalue weighted by molar-refractivity contribution is 6.00. The van der Waals surface area contributed by atoms with Crippen molar-refractivity contribution in [1.82, 2.24) is 19.9 Å². The van der Waals surface area contributed by atoms with Crippen molar-refractivity contribution in [3.8, 4) is 67.0 Å². The zero-order chi connectivity index (χ0) is 44.0. The van der Waals surface area contributed by atoms with E-state index in [4.69, 9.17) is 21.4 Å². The number of fused-ring (bicyclic) bond motifs is 2. The summed E-state index contributed by atoms with van der Waals surface area (Å²) in [6.07, 6.45) is 3.51. The van der Waals surface area contributed by atoms with Gasteiger partial charge in [0.1, 0.15) is 0 Å². The van der Waals surface area contributed by atoms with Crippen LogP contribution in [0, 0.1) is 13.8 Å². The third-order valence-corrected chi connectivity index (χ3v) is 12.3. The van der Waals surface area contributed by atoms with Crippen LogP contribution in [0.15, 0.2) is 192 Å². The highest BCUT2D eigenvalue weighted by Crippen LogP contribution is 2.39. The molecule has 0 saturated carbocycles. The van der Waals surface area contributed by atoms with E-state index in [1.807, 2.05) is 146 Å². The first-order chi connectivity index (χ1) is 31.2. The van der Waals surface area contributed by atoms with Crippen LogP contribution in [0.5, 0.6) is 0 Å². The van der Waals surface area contributed by atoms with E-state index < -0.39 is 5.54 Å². The van der Waals surface area contributed by atoms with E-state index in [0.717, 1.165) is 89.3 Å². The summed E-state index contributed by atoms with van der Waals surface area (Å²) in [5, 5.41) is 1.03. The fraction of sp³-hybridized carbons (Fsp3) is 0.0714. The number of rotatable bonds is 9. The summed E-state index contributed by atoms with van der Waals surface area (Å²) in [5.74, 6) is 0. The molecule has 10 aromatic rings. The number of aromatic nitrogens is 4. The highest BCUT2D eigenvalue weighted by atomic mass is 16.1. The second-order valence-electron chi connectivity index (χ2n) is 16.4. The lowest BCUT2D eigenvalue weighted by Crippen LogP contribution is -2.45. The van der Waals surface area contributed by atoms with Crippen LogP contribution in [-0.4, -0.2) is 26.5 Å². The molecule has 0 saturated heterocycles. The number of hydrogen-bond acceptors (Lipinski definition) is 6. The van der Waals surface area contributed by atoms with Crippen molar-refractivity contribution < 1.29 is 0 Å². The molecule has 4 heterocycles. The van der Waals surface area contributed by atoms with Gasteiger partial charge in [0.05, 0.1) is 38.7 Å². The number of benzene rings is 6. The Balaban J connectivity index is 1.06. The van der Waals surface area contributed by atoms with Crippen molar-refractivity contribution >= 4 is 21.8 Å². The average Bonchev–Trinajstić information content (AvgIpc) is 3.34. The second-order valence-corrected chi connectivity index (χ2v) is 16.4. The highest BCUT2D eigenvalue weighted by Gasteiger charge is 2.29. The summed E-state index contributed by atoms with van der Waals surface area (Å²) in [5.41, 5.74) is 28.0. The largest absolute Gasteiger partial charge is 0.328 e. The van der Waals surface area contributed by atoms with Gasteiger partial charge in [0, 0.05) is 52.3 Å².